The first-order valence-electron chi connectivity index (χ1n) is 10.6. The molecular formula is C24H23N3O5S2. The minimum atomic E-state index is -0.388. The van der Waals surface area contributed by atoms with Crippen LogP contribution >= 0.6 is 23.1 Å². The molecule has 0 saturated carbocycles. The molecule has 34 heavy (non-hydrogen) atoms. The van der Waals surface area contributed by atoms with Gasteiger partial charge in [0.2, 0.25) is 0 Å². The van der Waals surface area contributed by atoms with E-state index in [-0.39, 0.29) is 30.1 Å². The lowest BCUT2D eigenvalue weighted by atomic mass is 10.2. The molecule has 0 unspecified atom stereocenters. The van der Waals surface area contributed by atoms with Gasteiger partial charge in [-0.2, -0.15) is 0 Å². The first-order valence-corrected chi connectivity index (χ1v) is 12.3. The summed E-state index contributed by atoms with van der Waals surface area (Å²) in [5.74, 6) is 0.519. The van der Waals surface area contributed by atoms with Crippen LogP contribution in [0.2, 0.25) is 0 Å². The fraction of sp³-hybridized carbons (Fsp3) is 0.208. The standard InChI is InChI=1S/C24H23N3O5S2/c1-3-32-18-7-6-16(14-19(18)31-2)15-20-23(29)27(24(30)34-20)12-9-25-22(28)21-17(8-13-33-21)26-10-4-5-11-26/h4-8,10-11,13-15H,3,9,12H2,1-2H3,(H,25,28)/b20-15-. The molecule has 0 spiro atoms. The second kappa shape index (κ2) is 10.6. The minimum absolute atomic E-state index is 0.0879. The zero-order chi connectivity index (χ0) is 24.1. The van der Waals surface area contributed by atoms with Crippen LogP contribution in [0, 0.1) is 0 Å². The van der Waals surface area contributed by atoms with Crippen molar-refractivity contribution in [2.24, 2.45) is 0 Å². The Morgan fingerprint density at radius 1 is 1.15 bits per heavy atom. The number of nitrogens with one attached hydrogen (secondary N) is 1. The largest absolute Gasteiger partial charge is 0.493 e. The lowest BCUT2D eigenvalue weighted by Crippen LogP contribution is -2.37. The average molecular weight is 498 g/mol. The Kier molecular flexibility index (Phi) is 7.39. The Bertz CT molecular complexity index is 1230. The fourth-order valence-electron chi connectivity index (χ4n) is 3.43. The van der Waals surface area contributed by atoms with E-state index in [0.717, 1.165) is 22.3 Å². The lowest BCUT2D eigenvalue weighted by Gasteiger charge is -2.13. The molecule has 1 fully saturated rings. The maximum Gasteiger partial charge on any atom is 0.293 e. The highest BCUT2D eigenvalue weighted by Gasteiger charge is 2.34. The van der Waals surface area contributed by atoms with E-state index in [1.165, 1.54) is 11.3 Å². The van der Waals surface area contributed by atoms with Gasteiger partial charge < -0.3 is 19.4 Å². The molecular weight excluding hydrogens is 474 g/mol. The van der Waals surface area contributed by atoms with Gasteiger partial charge in [0.1, 0.15) is 4.88 Å². The van der Waals surface area contributed by atoms with Crippen molar-refractivity contribution in [2.75, 3.05) is 26.8 Å². The predicted octanol–water partition coefficient (Wildman–Crippen LogP) is 4.41. The lowest BCUT2D eigenvalue weighted by molar-refractivity contribution is -0.122. The van der Waals surface area contributed by atoms with E-state index in [1.54, 1.807) is 31.4 Å². The summed E-state index contributed by atoms with van der Waals surface area (Å²) in [6, 6.07) is 11.0. The van der Waals surface area contributed by atoms with Crippen molar-refractivity contribution in [3.63, 3.8) is 0 Å². The number of ether oxygens (including phenoxy) is 2. The normalized spacial score (nSPS) is 14.6. The molecule has 10 heteroatoms. The van der Waals surface area contributed by atoms with E-state index < -0.39 is 0 Å². The number of methoxy groups -OCH3 is 1. The van der Waals surface area contributed by atoms with Gasteiger partial charge in [-0.25, -0.2) is 0 Å². The number of thiophene rings is 1. The van der Waals surface area contributed by atoms with E-state index in [2.05, 4.69) is 5.32 Å². The molecule has 1 aliphatic rings. The second-order valence-electron chi connectivity index (χ2n) is 7.16. The van der Waals surface area contributed by atoms with Crippen molar-refractivity contribution in [1.82, 2.24) is 14.8 Å². The third-order valence-electron chi connectivity index (χ3n) is 5.01. The Labute approximate surface area is 205 Å². The van der Waals surface area contributed by atoms with Gasteiger partial charge in [0.05, 0.1) is 24.3 Å². The molecule has 1 saturated heterocycles. The number of aromatic nitrogens is 1. The summed E-state index contributed by atoms with van der Waals surface area (Å²) in [5, 5.41) is 4.29. The van der Waals surface area contributed by atoms with Gasteiger partial charge in [-0.1, -0.05) is 6.07 Å². The summed E-state index contributed by atoms with van der Waals surface area (Å²) >= 11 is 2.21. The molecule has 3 aromatic rings. The first kappa shape index (κ1) is 23.7. The van der Waals surface area contributed by atoms with E-state index in [4.69, 9.17) is 9.47 Å². The zero-order valence-corrected chi connectivity index (χ0v) is 20.3. The molecule has 0 atom stereocenters. The summed E-state index contributed by atoms with van der Waals surface area (Å²) < 4.78 is 12.7. The first-order chi connectivity index (χ1) is 16.5. The smallest absolute Gasteiger partial charge is 0.293 e. The Balaban J connectivity index is 1.38. The number of nitrogens with zero attached hydrogens (tertiary/aromatic N) is 2. The number of thioether (sulfide) groups is 1. The van der Waals surface area contributed by atoms with Crippen molar-refractivity contribution in [2.45, 2.75) is 6.92 Å². The summed E-state index contributed by atoms with van der Waals surface area (Å²) in [6.07, 6.45) is 5.38. The quantitative estimate of drug-likeness (QED) is 0.441. The van der Waals surface area contributed by atoms with E-state index in [0.29, 0.717) is 33.5 Å². The number of carbonyl (C=O) groups excluding carboxylic acids is 3. The number of hydrogen-bond donors (Lipinski definition) is 1. The molecule has 1 aliphatic heterocycles. The Hall–Kier alpha value is -3.50. The number of rotatable bonds is 9. The number of amides is 3. The summed E-state index contributed by atoms with van der Waals surface area (Å²) in [5.41, 5.74) is 1.50. The van der Waals surface area contributed by atoms with Crippen LogP contribution in [0.25, 0.3) is 11.8 Å². The maximum atomic E-state index is 12.8. The topological polar surface area (TPSA) is 89.9 Å². The van der Waals surface area contributed by atoms with Gasteiger partial charge in [-0.05, 0) is 66.0 Å². The molecule has 0 bridgehead atoms. The monoisotopic (exact) mass is 497 g/mol. The summed E-state index contributed by atoms with van der Waals surface area (Å²) in [7, 11) is 1.54. The molecule has 1 N–H and O–H groups in total. The molecule has 3 amide bonds. The molecule has 2 aromatic heterocycles. The van der Waals surface area contributed by atoms with Crippen LogP contribution in [-0.2, 0) is 4.79 Å². The highest BCUT2D eigenvalue weighted by molar-refractivity contribution is 8.18. The number of imide groups is 1. The van der Waals surface area contributed by atoms with Crippen LogP contribution in [-0.4, -0.2) is 53.3 Å². The van der Waals surface area contributed by atoms with E-state index in [9.17, 15) is 14.4 Å². The van der Waals surface area contributed by atoms with Gasteiger partial charge in [0, 0.05) is 25.5 Å². The highest BCUT2D eigenvalue weighted by Crippen LogP contribution is 2.34. The SMILES string of the molecule is CCOc1ccc(/C=C2\SC(=O)N(CCNC(=O)c3sccc3-n3cccc3)C2=O)cc1OC. The average Bonchev–Trinajstić information content (AvgIpc) is 3.57. The van der Waals surface area contributed by atoms with Crippen molar-refractivity contribution in [3.05, 3.63) is 69.5 Å². The van der Waals surface area contributed by atoms with Crippen LogP contribution in [0.4, 0.5) is 4.79 Å². The molecule has 0 radical (unpaired) electrons. The van der Waals surface area contributed by atoms with Crippen molar-refractivity contribution >= 4 is 46.2 Å². The second-order valence-corrected chi connectivity index (χ2v) is 9.07. The fourth-order valence-corrected chi connectivity index (χ4v) is 5.10. The third kappa shape index (κ3) is 5.02. The van der Waals surface area contributed by atoms with Crippen molar-refractivity contribution < 1.29 is 23.9 Å². The third-order valence-corrected chi connectivity index (χ3v) is 6.82. The summed E-state index contributed by atoms with van der Waals surface area (Å²) in [6.45, 7) is 2.63. The predicted molar refractivity (Wildman–Crippen MR) is 133 cm³/mol. The minimum Gasteiger partial charge on any atom is -0.493 e. The van der Waals surface area contributed by atoms with Crippen molar-refractivity contribution in [1.29, 1.82) is 0 Å². The van der Waals surface area contributed by atoms with Gasteiger partial charge >= 0.3 is 0 Å². The van der Waals surface area contributed by atoms with E-state index >= 15 is 0 Å². The van der Waals surface area contributed by atoms with E-state index in [1.807, 2.05) is 47.5 Å². The van der Waals surface area contributed by atoms with Crippen LogP contribution < -0.4 is 14.8 Å². The van der Waals surface area contributed by atoms with Crippen molar-refractivity contribution in [3.8, 4) is 17.2 Å². The molecule has 1 aromatic carbocycles. The summed E-state index contributed by atoms with van der Waals surface area (Å²) in [4.78, 5) is 39.9. The number of carbonyl (C=O) groups is 3. The number of benzene rings is 1. The Morgan fingerprint density at radius 3 is 2.68 bits per heavy atom. The van der Waals surface area contributed by atoms with Crippen LogP contribution in [0.5, 0.6) is 11.5 Å². The molecule has 0 aliphatic carbocycles. The maximum absolute atomic E-state index is 12.8. The molecule has 3 heterocycles. The molecule has 8 nitrogen and oxygen atoms in total. The van der Waals surface area contributed by atoms with Crippen LogP contribution in [0.15, 0.2) is 59.1 Å². The van der Waals surface area contributed by atoms with Gasteiger partial charge in [-0.3, -0.25) is 19.3 Å². The molecule has 4 rings (SSSR count). The highest BCUT2D eigenvalue weighted by atomic mass is 32.2. The van der Waals surface area contributed by atoms with Gasteiger partial charge in [-0.15, -0.1) is 11.3 Å². The number of hydrogen-bond acceptors (Lipinski definition) is 7. The van der Waals surface area contributed by atoms with Gasteiger partial charge in [0.15, 0.2) is 11.5 Å². The Morgan fingerprint density at radius 2 is 1.94 bits per heavy atom. The van der Waals surface area contributed by atoms with Gasteiger partial charge in [0.25, 0.3) is 17.1 Å². The van der Waals surface area contributed by atoms with Crippen LogP contribution in [0.3, 0.4) is 0 Å². The molecule has 176 valence electrons. The zero-order valence-electron chi connectivity index (χ0n) is 18.6. The van der Waals surface area contributed by atoms with Crippen LogP contribution in [0.1, 0.15) is 22.2 Å².